The van der Waals surface area contributed by atoms with E-state index in [-0.39, 0.29) is 24.0 Å². The number of ketones is 1. The molecule has 0 spiro atoms. The fourth-order valence-electron chi connectivity index (χ4n) is 6.24. The normalized spacial score (nSPS) is 47.4. The summed E-state index contributed by atoms with van der Waals surface area (Å²) in [7, 11) is 0. The molecule has 4 rings (SSSR count). The van der Waals surface area contributed by atoms with E-state index in [2.05, 4.69) is 13.8 Å². The van der Waals surface area contributed by atoms with Gasteiger partial charge in [-0.25, -0.2) is 0 Å². The van der Waals surface area contributed by atoms with Crippen molar-refractivity contribution < 1.29 is 14.7 Å². The lowest BCUT2D eigenvalue weighted by molar-refractivity contribution is -0.305. The van der Waals surface area contributed by atoms with E-state index in [1.54, 1.807) is 0 Å². The molecule has 0 saturated heterocycles. The molecule has 0 aliphatic heterocycles. The number of carboxylic acids is 1. The van der Waals surface area contributed by atoms with Crippen molar-refractivity contribution in [2.75, 3.05) is 0 Å². The number of carboxylic acid groups (broad SMARTS) is 1. The van der Waals surface area contributed by atoms with Crippen LogP contribution in [0, 0.1) is 22.2 Å². The second kappa shape index (κ2) is 3.83. The zero-order chi connectivity index (χ0) is 13.9. The quantitative estimate of drug-likeness (QED) is 0.780. The Labute approximate surface area is 114 Å². The van der Waals surface area contributed by atoms with E-state index in [1.165, 1.54) is 19.3 Å². The van der Waals surface area contributed by atoms with Gasteiger partial charge in [0.1, 0.15) is 5.78 Å². The lowest BCUT2D eigenvalue weighted by Crippen LogP contribution is -2.57. The van der Waals surface area contributed by atoms with Gasteiger partial charge in [-0.05, 0) is 61.7 Å². The number of aliphatic carboxylic acids is 1. The SMILES string of the molecule is C[C@]12CC3CC(C(=O)CCC(=O)[O-])(C1)C[C@@](C)(C3)C2. The Morgan fingerprint density at radius 1 is 1.00 bits per heavy atom. The third-order valence-electron chi connectivity index (χ3n) is 5.77. The Morgan fingerprint density at radius 3 is 2.05 bits per heavy atom. The second-order valence-corrected chi connectivity index (χ2v) is 8.21. The Bertz CT molecular complexity index is 421. The van der Waals surface area contributed by atoms with Crippen LogP contribution in [0.2, 0.25) is 0 Å². The van der Waals surface area contributed by atoms with E-state index in [0.717, 1.165) is 19.3 Å². The summed E-state index contributed by atoms with van der Waals surface area (Å²) in [5.41, 5.74) is 0.412. The predicted octanol–water partition coefficient (Wildman–Crippen LogP) is 2.08. The Hall–Kier alpha value is -0.860. The molecule has 4 fully saturated rings. The molecular formula is C16H23O3-. The van der Waals surface area contributed by atoms with Crippen molar-refractivity contribution in [3.05, 3.63) is 0 Å². The molecule has 4 aliphatic carbocycles. The summed E-state index contributed by atoms with van der Waals surface area (Å²) in [6.45, 7) is 4.66. The molecule has 19 heavy (non-hydrogen) atoms. The highest BCUT2D eigenvalue weighted by atomic mass is 16.4. The van der Waals surface area contributed by atoms with Gasteiger partial charge in [0, 0.05) is 17.8 Å². The van der Waals surface area contributed by atoms with Gasteiger partial charge in [-0.2, -0.15) is 0 Å². The third-order valence-corrected chi connectivity index (χ3v) is 5.77. The summed E-state index contributed by atoms with van der Waals surface area (Å²) >= 11 is 0. The van der Waals surface area contributed by atoms with Crippen LogP contribution >= 0.6 is 0 Å². The first-order valence-corrected chi connectivity index (χ1v) is 7.48. The van der Waals surface area contributed by atoms with Crippen LogP contribution in [0.15, 0.2) is 0 Å². The Morgan fingerprint density at radius 2 is 1.58 bits per heavy atom. The van der Waals surface area contributed by atoms with Gasteiger partial charge in [0.05, 0.1) is 0 Å². The van der Waals surface area contributed by atoms with Crippen molar-refractivity contribution in [2.24, 2.45) is 22.2 Å². The molecular weight excluding hydrogens is 240 g/mol. The van der Waals surface area contributed by atoms with E-state index in [9.17, 15) is 14.7 Å². The highest BCUT2D eigenvalue weighted by Crippen LogP contribution is 2.69. The van der Waals surface area contributed by atoms with Gasteiger partial charge in [-0.15, -0.1) is 0 Å². The molecule has 4 bridgehead atoms. The summed E-state index contributed by atoms with van der Waals surface area (Å²) in [4.78, 5) is 23.2. The molecule has 2 unspecified atom stereocenters. The molecule has 4 aliphatic rings. The molecule has 0 amide bonds. The standard InChI is InChI=1S/C16H24O3/c1-14-5-11-6-15(2,8-14)10-16(7-11,9-14)12(17)3-4-13(18)19/h11H,3-10H2,1-2H3,(H,18,19)/p-1/t11?,14-,15+,16?. The van der Waals surface area contributed by atoms with Crippen LogP contribution in [0.1, 0.15) is 65.2 Å². The molecule has 0 N–H and O–H groups in total. The van der Waals surface area contributed by atoms with E-state index < -0.39 is 5.97 Å². The summed E-state index contributed by atoms with van der Waals surface area (Å²) in [6, 6.07) is 0. The number of carbonyl (C=O) groups excluding carboxylic acids is 2. The maximum atomic E-state index is 12.6. The van der Waals surface area contributed by atoms with Crippen LogP contribution in [0.4, 0.5) is 0 Å². The molecule has 4 atom stereocenters. The predicted molar refractivity (Wildman–Crippen MR) is 69.1 cm³/mol. The Kier molecular flexibility index (Phi) is 2.65. The van der Waals surface area contributed by atoms with E-state index in [4.69, 9.17) is 0 Å². The highest BCUT2D eigenvalue weighted by molar-refractivity contribution is 5.87. The molecule has 0 radical (unpaired) electrons. The van der Waals surface area contributed by atoms with E-state index >= 15 is 0 Å². The van der Waals surface area contributed by atoms with Crippen molar-refractivity contribution in [3.8, 4) is 0 Å². The maximum absolute atomic E-state index is 12.6. The average molecular weight is 263 g/mol. The van der Waals surface area contributed by atoms with Crippen LogP contribution in [0.3, 0.4) is 0 Å². The first-order valence-electron chi connectivity index (χ1n) is 7.48. The molecule has 0 aromatic rings. The molecule has 4 saturated carbocycles. The zero-order valence-corrected chi connectivity index (χ0v) is 12.0. The molecule has 0 aromatic carbocycles. The number of rotatable bonds is 4. The number of Topliss-reactive ketones (excluding diaryl/α,β-unsaturated/α-hetero) is 1. The molecule has 0 aromatic heterocycles. The van der Waals surface area contributed by atoms with Crippen LogP contribution in [-0.2, 0) is 9.59 Å². The maximum Gasteiger partial charge on any atom is 0.139 e. The first-order chi connectivity index (χ1) is 8.74. The van der Waals surface area contributed by atoms with Crippen LogP contribution < -0.4 is 5.11 Å². The monoisotopic (exact) mass is 263 g/mol. The van der Waals surface area contributed by atoms with Crippen molar-refractivity contribution >= 4 is 11.8 Å². The van der Waals surface area contributed by atoms with Gasteiger partial charge in [0.15, 0.2) is 0 Å². The van der Waals surface area contributed by atoms with Crippen molar-refractivity contribution in [2.45, 2.75) is 65.2 Å². The number of carbonyl (C=O) groups is 2. The topological polar surface area (TPSA) is 57.2 Å². The number of hydrogen-bond acceptors (Lipinski definition) is 3. The fraction of sp³-hybridized carbons (Fsp3) is 0.875. The molecule has 3 heteroatoms. The van der Waals surface area contributed by atoms with Gasteiger partial charge in [-0.1, -0.05) is 13.8 Å². The van der Waals surface area contributed by atoms with Crippen LogP contribution in [0.25, 0.3) is 0 Å². The Balaban J connectivity index is 1.84. The number of hydrogen-bond donors (Lipinski definition) is 0. The summed E-state index contributed by atoms with van der Waals surface area (Å²) in [5, 5.41) is 10.6. The van der Waals surface area contributed by atoms with Crippen molar-refractivity contribution in [3.63, 3.8) is 0 Å². The average Bonchev–Trinajstić information content (AvgIpc) is 2.20. The lowest BCUT2D eigenvalue weighted by Gasteiger charge is -2.64. The van der Waals surface area contributed by atoms with Crippen LogP contribution in [0.5, 0.6) is 0 Å². The summed E-state index contributed by atoms with van der Waals surface area (Å²) in [6.07, 6.45) is 6.79. The smallest absolute Gasteiger partial charge is 0.139 e. The van der Waals surface area contributed by atoms with Gasteiger partial charge >= 0.3 is 0 Å². The zero-order valence-electron chi connectivity index (χ0n) is 12.0. The second-order valence-electron chi connectivity index (χ2n) is 8.21. The fourth-order valence-corrected chi connectivity index (χ4v) is 6.24. The minimum Gasteiger partial charge on any atom is -0.550 e. The highest BCUT2D eigenvalue weighted by Gasteiger charge is 2.62. The largest absolute Gasteiger partial charge is 0.550 e. The van der Waals surface area contributed by atoms with Gasteiger partial charge in [0.25, 0.3) is 0 Å². The van der Waals surface area contributed by atoms with Gasteiger partial charge in [0.2, 0.25) is 0 Å². The molecule has 106 valence electrons. The molecule has 3 nitrogen and oxygen atoms in total. The molecule has 0 heterocycles. The third kappa shape index (κ3) is 2.11. The van der Waals surface area contributed by atoms with Gasteiger partial charge in [-0.3, -0.25) is 4.79 Å². The van der Waals surface area contributed by atoms with E-state index in [0.29, 0.717) is 16.7 Å². The van der Waals surface area contributed by atoms with Crippen molar-refractivity contribution in [1.29, 1.82) is 0 Å². The lowest BCUT2D eigenvalue weighted by atomic mass is 9.39. The van der Waals surface area contributed by atoms with Gasteiger partial charge < -0.3 is 9.90 Å². The summed E-state index contributed by atoms with van der Waals surface area (Å²) in [5.74, 6) is -0.230. The van der Waals surface area contributed by atoms with Crippen molar-refractivity contribution in [1.82, 2.24) is 0 Å². The van der Waals surface area contributed by atoms with E-state index in [1.807, 2.05) is 0 Å². The minimum atomic E-state index is -1.10. The summed E-state index contributed by atoms with van der Waals surface area (Å²) < 4.78 is 0. The van der Waals surface area contributed by atoms with Crippen LogP contribution in [-0.4, -0.2) is 11.8 Å². The first kappa shape index (κ1) is 13.1. The minimum absolute atomic E-state index is 0.112.